The number of carbonyl (C=O) groups excluding carboxylic acids is 2. The van der Waals surface area contributed by atoms with Gasteiger partial charge in [-0.15, -0.1) is 23.1 Å². The standard InChI is InChI=1S/C17H15N5O4S2/c1-9(28-12-4-2-11(3-5-12)22(25)26)16(24)21-17-20-14(8-27-17)10-6-13(15(18)23)19-7-10/h2-9,19H,1H3,(H2,18,23)(H,20,21,24). The number of H-pyrrole nitrogens is 1. The Morgan fingerprint density at radius 2 is 2.07 bits per heavy atom. The van der Waals surface area contributed by atoms with E-state index < -0.39 is 16.1 Å². The fraction of sp³-hybridized carbons (Fsp3) is 0.118. The quantitative estimate of drug-likeness (QED) is 0.306. The van der Waals surface area contributed by atoms with Crippen molar-refractivity contribution in [1.29, 1.82) is 0 Å². The Balaban J connectivity index is 1.61. The minimum Gasteiger partial charge on any atom is -0.364 e. The number of rotatable bonds is 7. The van der Waals surface area contributed by atoms with Crippen molar-refractivity contribution >= 4 is 45.7 Å². The first-order chi connectivity index (χ1) is 13.3. The van der Waals surface area contributed by atoms with E-state index in [1.165, 1.54) is 35.2 Å². The number of primary amides is 1. The lowest BCUT2D eigenvalue weighted by atomic mass is 10.2. The van der Waals surface area contributed by atoms with Gasteiger partial charge in [0.25, 0.3) is 11.6 Å². The van der Waals surface area contributed by atoms with Crippen LogP contribution in [0.5, 0.6) is 0 Å². The summed E-state index contributed by atoms with van der Waals surface area (Å²) in [6.07, 6.45) is 1.62. The van der Waals surface area contributed by atoms with Crippen LogP contribution in [-0.2, 0) is 4.79 Å². The number of hydrogen-bond acceptors (Lipinski definition) is 7. The second kappa shape index (κ2) is 8.23. The fourth-order valence-corrected chi connectivity index (χ4v) is 3.85. The zero-order valence-electron chi connectivity index (χ0n) is 14.5. The van der Waals surface area contributed by atoms with Gasteiger partial charge >= 0.3 is 0 Å². The topological polar surface area (TPSA) is 144 Å². The lowest BCUT2D eigenvalue weighted by Gasteiger charge is -2.10. The van der Waals surface area contributed by atoms with E-state index in [9.17, 15) is 19.7 Å². The van der Waals surface area contributed by atoms with Crippen molar-refractivity contribution in [1.82, 2.24) is 9.97 Å². The number of amides is 2. The highest BCUT2D eigenvalue weighted by atomic mass is 32.2. The average molecular weight is 417 g/mol. The molecule has 0 radical (unpaired) electrons. The molecule has 2 amide bonds. The van der Waals surface area contributed by atoms with Crippen molar-refractivity contribution in [3.05, 3.63) is 57.7 Å². The molecule has 0 aliphatic heterocycles. The van der Waals surface area contributed by atoms with Crippen LogP contribution in [0.15, 0.2) is 46.8 Å². The predicted molar refractivity (Wildman–Crippen MR) is 107 cm³/mol. The molecule has 0 saturated heterocycles. The number of non-ortho nitro benzene ring substituents is 1. The molecule has 9 nitrogen and oxygen atoms in total. The number of hydrogen-bond donors (Lipinski definition) is 3. The third-order valence-corrected chi connectivity index (χ3v) is 5.58. The SMILES string of the molecule is CC(Sc1ccc([N+](=O)[O-])cc1)C(=O)Nc1nc(-c2c[nH]c(C(N)=O)c2)cs1. The van der Waals surface area contributed by atoms with Gasteiger partial charge in [-0.2, -0.15) is 0 Å². The lowest BCUT2D eigenvalue weighted by Crippen LogP contribution is -2.22. The number of carbonyl (C=O) groups is 2. The van der Waals surface area contributed by atoms with Gasteiger partial charge < -0.3 is 16.0 Å². The first kappa shape index (κ1) is 19.6. The van der Waals surface area contributed by atoms with Crippen LogP contribution in [0.2, 0.25) is 0 Å². The Labute approximate surface area is 167 Å². The maximum atomic E-state index is 12.4. The average Bonchev–Trinajstić information content (AvgIpc) is 3.31. The monoisotopic (exact) mass is 417 g/mol. The number of nitrogens with zero attached hydrogens (tertiary/aromatic N) is 2. The summed E-state index contributed by atoms with van der Waals surface area (Å²) in [5.74, 6) is -0.803. The van der Waals surface area contributed by atoms with E-state index in [0.717, 1.165) is 4.90 Å². The van der Waals surface area contributed by atoms with Gasteiger partial charge in [0.1, 0.15) is 5.69 Å². The third kappa shape index (κ3) is 4.56. The van der Waals surface area contributed by atoms with Crippen LogP contribution in [0, 0.1) is 10.1 Å². The summed E-state index contributed by atoms with van der Waals surface area (Å²) >= 11 is 2.55. The first-order valence-corrected chi connectivity index (χ1v) is 9.75. The minimum absolute atomic E-state index is 0.000944. The van der Waals surface area contributed by atoms with Crippen LogP contribution in [0.25, 0.3) is 11.3 Å². The molecular formula is C17H15N5O4S2. The van der Waals surface area contributed by atoms with E-state index in [-0.39, 0.29) is 17.3 Å². The summed E-state index contributed by atoms with van der Waals surface area (Å²) in [5, 5.41) is 15.2. The largest absolute Gasteiger partial charge is 0.364 e. The van der Waals surface area contributed by atoms with Crippen molar-refractivity contribution in [2.75, 3.05) is 5.32 Å². The molecule has 0 aliphatic rings. The maximum absolute atomic E-state index is 12.4. The van der Waals surface area contributed by atoms with E-state index in [4.69, 9.17) is 5.73 Å². The fourth-order valence-electron chi connectivity index (χ4n) is 2.26. The number of nitro groups is 1. The van der Waals surface area contributed by atoms with Gasteiger partial charge in [0.15, 0.2) is 5.13 Å². The molecule has 28 heavy (non-hydrogen) atoms. The zero-order valence-corrected chi connectivity index (χ0v) is 16.2. The van der Waals surface area contributed by atoms with Crippen molar-refractivity contribution in [3.8, 4) is 11.3 Å². The molecule has 3 aromatic rings. The van der Waals surface area contributed by atoms with Crippen LogP contribution < -0.4 is 11.1 Å². The first-order valence-electron chi connectivity index (χ1n) is 7.99. The summed E-state index contributed by atoms with van der Waals surface area (Å²) in [4.78, 5) is 41.6. The van der Waals surface area contributed by atoms with E-state index in [1.54, 1.807) is 36.7 Å². The number of anilines is 1. The third-order valence-electron chi connectivity index (χ3n) is 3.71. The molecular weight excluding hydrogens is 402 g/mol. The minimum atomic E-state index is -0.563. The number of thiazole rings is 1. The molecule has 0 fully saturated rings. The van der Waals surface area contributed by atoms with Gasteiger partial charge in [-0.05, 0) is 25.1 Å². The Hall–Kier alpha value is -3.18. The zero-order chi connectivity index (χ0) is 20.3. The molecule has 3 rings (SSSR count). The number of aromatic amines is 1. The van der Waals surface area contributed by atoms with Crippen LogP contribution in [-0.4, -0.2) is 32.0 Å². The molecule has 0 bridgehead atoms. The van der Waals surface area contributed by atoms with E-state index in [0.29, 0.717) is 16.4 Å². The number of nitrogens with one attached hydrogen (secondary N) is 2. The molecule has 1 atom stereocenters. The van der Waals surface area contributed by atoms with Gasteiger partial charge in [-0.25, -0.2) is 4.98 Å². The summed E-state index contributed by atoms with van der Waals surface area (Å²) in [5.41, 5.74) is 6.80. The molecule has 0 saturated carbocycles. The summed E-state index contributed by atoms with van der Waals surface area (Å²) in [6, 6.07) is 7.61. The van der Waals surface area contributed by atoms with Crippen molar-refractivity contribution in [2.45, 2.75) is 17.1 Å². The maximum Gasteiger partial charge on any atom is 0.269 e. The van der Waals surface area contributed by atoms with Gasteiger partial charge in [0.05, 0.1) is 15.9 Å². The Bertz CT molecular complexity index is 1030. The van der Waals surface area contributed by atoms with Crippen LogP contribution in [0.4, 0.5) is 10.8 Å². The normalized spacial score (nSPS) is 11.8. The summed E-state index contributed by atoms with van der Waals surface area (Å²) < 4.78 is 0. The molecule has 0 spiro atoms. The van der Waals surface area contributed by atoms with E-state index in [2.05, 4.69) is 15.3 Å². The number of benzene rings is 1. The van der Waals surface area contributed by atoms with Crippen LogP contribution >= 0.6 is 23.1 Å². The molecule has 0 aliphatic carbocycles. The molecule has 2 heterocycles. The predicted octanol–water partition coefficient (Wildman–Crippen LogP) is 3.26. The molecule has 1 aromatic carbocycles. The summed E-state index contributed by atoms with van der Waals surface area (Å²) in [7, 11) is 0. The van der Waals surface area contributed by atoms with E-state index >= 15 is 0 Å². The second-order valence-corrected chi connectivity index (χ2v) is 7.98. The smallest absolute Gasteiger partial charge is 0.269 e. The number of nitro benzene ring substituents is 1. The number of nitrogens with two attached hydrogens (primary N) is 1. The van der Waals surface area contributed by atoms with Crippen LogP contribution in [0.1, 0.15) is 17.4 Å². The van der Waals surface area contributed by atoms with Gasteiger partial charge in [-0.3, -0.25) is 19.7 Å². The highest BCUT2D eigenvalue weighted by Gasteiger charge is 2.17. The highest BCUT2D eigenvalue weighted by Crippen LogP contribution is 2.28. The van der Waals surface area contributed by atoms with Gasteiger partial charge in [-0.1, -0.05) is 0 Å². The Kier molecular flexibility index (Phi) is 5.76. The second-order valence-electron chi connectivity index (χ2n) is 5.70. The Morgan fingerprint density at radius 1 is 1.36 bits per heavy atom. The molecule has 144 valence electrons. The van der Waals surface area contributed by atoms with Crippen molar-refractivity contribution in [2.24, 2.45) is 5.73 Å². The van der Waals surface area contributed by atoms with Crippen LogP contribution in [0.3, 0.4) is 0 Å². The van der Waals surface area contributed by atoms with E-state index in [1.807, 2.05) is 0 Å². The van der Waals surface area contributed by atoms with Gasteiger partial charge in [0, 0.05) is 34.2 Å². The molecule has 11 heteroatoms. The van der Waals surface area contributed by atoms with Crippen molar-refractivity contribution in [3.63, 3.8) is 0 Å². The number of aromatic nitrogens is 2. The molecule has 4 N–H and O–H groups in total. The van der Waals surface area contributed by atoms with Crippen molar-refractivity contribution < 1.29 is 14.5 Å². The highest BCUT2D eigenvalue weighted by molar-refractivity contribution is 8.00. The van der Waals surface area contributed by atoms with Gasteiger partial charge in [0.2, 0.25) is 5.91 Å². The lowest BCUT2D eigenvalue weighted by molar-refractivity contribution is -0.384. The molecule has 1 unspecified atom stereocenters. The number of thioether (sulfide) groups is 1. The molecule has 2 aromatic heterocycles. The summed E-state index contributed by atoms with van der Waals surface area (Å²) in [6.45, 7) is 1.74. The Morgan fingerprint density at radius 3 is 2.68 bits per heavy atom.